The van der Waals surface area contributed by atoms with E-state index in [2.05, 4.69) is 15.2 Å². The van der Waals surface area contributed by atoms with Crippen molar-refractivity contribution in [3.8, 4) is 17.6 Å². The number of esters is 1. The number of aryl methyl sites for hydroxylation is 1. The molecule has 27 heavy (non-hydrogen) atoms. The van der Waals surface area contributed by atoms with Crippen LogP contribution in [0, 0.1) is 11.3 Å². The topological polar surface area (TPSA) is 115 Å². The van der Waals surface area contributed by atoms with Crippen molar-refractivity contribution in [3.63, 3.8) is 0 Å². The number of anilines is 1. The van der Waals surface area contributed by atoms with Crippen LogP contribution in [0.5, 0.6) is 11.5 Å². The Bertz CT molecular complexity index is 898. The molecule has 1 heterocycles. The van der Waals surface area contributed by atoms with Crippen LogP contribution in [0.4, 0.5) is 5.69 Å². The molecule has 0 aliphatic rings. The van der Waals surface area contributed by atoms with Crippen molar-refractivity contribution in [2.24, 2.45) is 7.05 Å². The van der Waals surface area contributed by atoms with Gasteiger partial charge in [0.25, 0.3) is 5.91 Å². The molecule has 142 valence electrons. The maximum Gasteiger partial charge on any atom is 0.356 e. The van der Waals surface area contributed by atoms with Crippen molar-refractivity contribution >= 4 is 17.6 Å². The number of rotatable bonds is 7. The highest BCUT2D eigenvalue weighted by Crippen LogP contribution is 2.34. The van der Waals surface area contributed by atoms with Gasteiger partial charge in [0.2, 0.25) is 0 Å². The maximum absolute atomic E-state index is 12.5. The minimum Gasteiger partial charge on any atom is -0.490 e. The van der Waals surface area contributed by atoms with Crippen LogP contribution in [0.1, 0.15) is 40.4 Å². The van der Waals surface area contributed by atoms with Crippen LogP contribution >= 0.6 is 0 Å². The summed E-state index contributed by atoms with van der Waals surface area (Å²) in [5.41, 5.74) is 0.595. The number of aromatic nitrogens is 2. The van der Waals surface area contributed by atoms with Gasteiger partial charge in [-0.3, -0.25) is 9.48 Å². The SMILES string of the molecule is CCOc1cc(C#N)c(NC(=O)c2cc(C(=O)OC)n(C)n2)cc1OCC. The lowest BCUT2D eigenvalue weighted by molar-refractivity contribution is 0.0588. The summed E-state index contributed by atoms with van der Waals surface area (Å²) >= 11 is 0. The number of hydrogen-bond acceptors (Lipinski definition) is 7. The molecule has 0 fully saturated rings. The van der Waals surface area contributed by atoms with E-state index >= 15 is 0 Å². The largest absolute Gasteiger partial charge is 0.490 e. The molecule has 9 nitrogen and oxygen atoms in total. The molecule has 2 aromatic rings. The average molecular weight is 372 g/mol. The molecule has 0 radical (unpaired) electrons. The summed E-state index contributed by atoms with van der Waals surface area (Å²) in [5, 5.41) is 16.0. The Balaban J connectivity index is 2.35. The summed E-state index contributed by atoms with van der Waals surface area (Å²) < 4.78 is 16.9. The van der Waals surface area contributed by atoms with E-state index in [9.17, 15) is 14.9 Å². The standard InChI is InChI=1S/C18H20N4O5/c1-5-26-15-7-11(10-19)12(9-16(15)27-6-2)20-17(23)13-8-14(18(24)25-4)22(3)21-13/h7-9H,5-6H2,1-4H3,(H,20,23). The minimum absolute atomic E-state index is 0.00799. The first-order valence-electron chi connectivity index (χ1n) is 8.22. The molecule has 0 aliphatic heterocycles. The number of ether oxygens (including phenoxy) is 3. The molecule has 0 unspecified atom stereocenters. The molecule has 1 aromatic carbocycles. The van der Waals surface area contributed by atoms with E-state index in [4.69, 9.17) is 9.47 Å². The number of carbonyl (C=O) groups is 2. The Labute approximate surface area is 156 Å². The molecule has 0 saturated heterocycles. The third kappa shape index (κ3) is 4.36. The number of nitriles is 1. The molecule has 1 aromatic heterocycles. The monoisotopic (exact) mass is 372 g/mol. The van der Waals surface area contributed by atoms with Crippen molar-refractivity contribution in [3.05, 3.63) is 35.2 Å². The minimum atomic E-state index is -0.610. The van der Waals surface area contributed by atoms with E-state index < -0.39 is 11.9 Å². The number of hydrogen-bond donors (Lipinski definition) is 1. The lowest BCUT2D eigenvalue weighted by Gasteiger charge is -2.14. The Morgan fingerprint density at radius 1 is 1.19 bits per heavy atom. The van der Waals surface area contributed by atoms with E-state index in [0.717, 1.165) is 0 Å². The lowest BCUT2D eigenvalue weighted by Crippen LogP contribution is -2.14. The number of nitrogens with zero attached hydrogens (tertiary/aromatic N) is 3. The molecule has 1 N–H and O–H groups in total. The second-order valence-electron chi connectivity index (χ2n) is 5.31. The first kappa shape index (κ1) is 19.8. The van der Waals surface area contributed by atoms with Crippen molar-refractivity contribution in [1.82, 2.24) is 9.78 Å². The van der Waals surface area contributed by atoms with Crippen LogP contribution in [-0.2, 0) is 11.8 Å². The van der Waals surface area contributed by atoms with Crippen molar-refractivity contribution < 1.29 is 23.8 Å². The van der Waals surface area contributed by atoms with Crippen LogP contribution in [0.3, 0.4) is 0 Å². The van der Waals surface area contributed by atoms with Gasteiger partial charge in [-0.05, 0) is 13.8 Å². The van der Waals surface area contributed by atoms with Gasteiger partial charge in [0.1, 0.15) is 11.8 Å². The number of benzene rings is 1. The summed E-state index contributed by atoms with van der Waals surface area (Å²) in [5.74, 6) is -0.366. The van der Waals surface area contributed by atoms with Gasteiger partial charge in [-0.25, -0.2) is 4.79 Å². The van der Waals surface area contributed by atoms with Gasteiger partial charge in [-0.1, -0.05) is 0 Å². The fourth-order valence-corrected chi connectivity index (χ4v) is 2.35. The van der Waals surface area contributed by atoms with Crippen LogP contribution in [0.2, 0.25) is 0 Å². The molecule has 1 amide bonds. The van der Waals surface area contributed by atoms with Crippen molar-refractivity contribution in [1.29, 1.82) is 5.26 Å². The predicted octanol–water partition coefficient (Wildman–Crippen LogP) is 2.13. The Morgan fingerprint density at radius 2 is 1.81 bits per heavy atom. The van der Waals surface area contributed by atoms with Gasteiger partial charge in [0.05, 0.1) is 31.6 Å². The fraction of sp³-hybridized carbons (Fsp3) is 0.333. The number of methoxy groups -OCH3 is 1. The van der Waals surface area contributed by atoms with E-state index in [0.29, 0.717) is 24.7 Å². The number of carbonyl (C=O) groups excluding carboxylic acids is 2. The highest BCUT2D eigenvalue weighted by molar-refractivity contribution is 6.05. The molecule has 0 atom stereocenters. The zero-order valence-corrected chi connectivity index (χ0v) is 15.5. The summed E-state index contributed by atoms with van der Waals surface area (Å²) in [6.07, 6.45) is 0. The summed E-state index contributed by atoms with van der Waals surface area (Å²) in [7, 11) is 2.76. The molecule has 2 rings (SSSR count). The zero-order valence-electron chi connectivity index (χ0n) is 15.5. The smallest absolute Gasteiger partial charge is 0.356 e. The normalized spacial score (nSPS) is 10.0. The molecule has 0 spiro atoms. The third-order valence-electron chi connectivity index (χ3n) is 3.56. The van der Waals surface area contributed by atoms with Gasteiger partial charge in [0.15, 0.2) is 17.2 Å². The van der Waals surface area contributed by atoms with Crippen LogP contribution in [0.25, 0.3) is 0 Å². The Morgan fingerprint density at radius 3 is 2.37 bits per heavy atom. The van der Waals surface area contributed by atoms with E-state index in [-0.39, 0.29) is 22.6 Å². The first-order chi connectivity index (χ1) is 12.9. The van der Waals surface area contributed by atoms with Gasteiger partial charge >= 0.3 is 5.97 Å². The summed E-state index contributed by atoms with van der Waals surface area (Å²) in [6.45, 7) is 4.43. The quantitative estimate of drug-likeness (QED) is 0.740. The van der Waals surface area contributed by atoms with Crippen LogP contribution in [-0.4, -0.2) is 42.0 Å². The average Bonchev–Trinajstić information content (AvgIpc) is 3.05. The van der Waals surface area contributed by atoms with Gasteiger partial charge in [-0.2, -0.15) is 10.4 Å². The molecule has 0 bridgehead atoms. The zero-order chi connectivity index (χ0) is 20.0. The summed E-state index contributed by atoms with van der Waals surface area (Å²) in [6, 6.07) is 6.35. The molecule has 9 heteroatoms. The highest BCUT2D eigenvalue weighted by atomic mass is 16.5. The van der Waals surface area contributed by atoms with E-state index in [1.165, 1.54) is 37.0 Å². The van der Waals surface area contributed by atoms with Crippen LogP contribution in [0.15, 0.2) is 18.2 Å². The van der Waals surface area contributed by atoms with Crippen molar-refractivity contribution in [2.45, 2.75) is 13.8 Å². The van der Waals surface area contributed by atoms with E-state index in [1.807, 2.05) is 19.9 Å². The molecule has 0 aliphatic carbocycles. The second-order valence-corrected chi connectivity index (χ2v) is 5.31. The fourth-order valence-electron chi connectivity index (χ4n) is 2.35. The number of amides is 1. The third-order valence-corrected chi connectivity index (χ3v) is 3.56. The summed E-state index contributed by atoms with van der Waals surface area (Å²) in [4.78, 5) is 24.2. The predicted molar refractivity (Wildman–Crippen MR) is 96.0 cm³/mol. The highest BCUT2D eigenvalue weighted by Gasteiger charge is 2.20. The van der Waals surface area contributed by atoms with Gasteiger partial charge < -0.3 is 19.5 Å². The Hall–Kier alpha value is -3.54. The number of nitrogens with one attached hydrogen (secondary N) is 1. The van der Waals surface area contributed by atoms with Gasteiger partial charge in [-0.15, -0.1) is 0 Å². The Kier molecular flexibility index (Phi) is 6.38. The molecular formula is C18H20N4O5. The van der Waals surface area contributed by atoms with Gasteiger partial charge in [0, 0.05) is 25.2 Å². The second kappa shape index (κ2) is 8.71. The van der Waals surface area contributed by atoms with Crippen LogP contribution < -0.4 is 14.8 Å². The molecular weight excluding hydrogens is 352 g/mol. The van der Waals surface area contributed by atoms with E-state index in [1.54, 1.807) is 0 Å². The lowest BCUT2D eigenvalue weighted by atomic mass is 10.1. The molecule has 0 saturated carbocycles. The first-order valence-corrected chi connectivity index (χ1v) is 8.22. The maximum atomic E-state index is 12.5. The van der Waals surface area contributed by atoms with Crippen molar-refractivity contribution in [2.75, 3.05) is 25.6 Å².